The molecule has 3 heterocycles. The molecule has 2 aliphatic rings. The Hall–Kier alpha value is -2.41. The highest BCUT2D eigenvalue weighted by molar-refractivity contribution is 5.76. The predicted octanol–water partition coefficient (Wildman–Crippen LogP) is 4.47. The van der Waals surface area contributed by atoms with Crippen LogP contribution in [-0.2, 0) is 17.5 Å². The maximum atomic E-state index is 13.3. The Morgan fingerprint density at radius 1 is 1.14 bits per heavy atom. The number of nitrogens with zero attached hydrogens (tertiary/aromatic N) is 2. The van der Waals surface area contributed by atoms with Crippen molar-refractivity contribution in [3.8, 4) is 0 Å². The van der Waals surface area contributed by atoms with Crippen molar-refractivity contribution >= 4 is 5.91 Å². The minimum absolute atomic E-state index is 0.0354. The Morgan fingerprint density at radius 3 is 2.69 bits per heavy atom. The smallest absolute Gasteiger partial charge is 0.352 e. The fourth-order valence-electron chi connectivity index (χ4n) is 4.61. The second kappa shape index (κ2) is 8.14. The normalized spacial score (nSPS) is 25.8. The minimum Gasteiger partial charge on any atom is -0.352 e. The molecule has 4 rings (SSSR count). The summed E-state index contributed by atoms with van der Waals surface area (Å²) in [5, 5.41) is 3.13. The van der Waals surface area contributed by atoms with E-state index in [2.05, 4.69) is 15.2 Å². The summed E-state index contributed by atoms with van der Waals surface area (Å²) in [6.07, 6.45) is 2.91. The van der Waals surface area contributed by atoms with E-state index in [0.29, 0.717) is 24.9 Å². The van der Waals surface area contributed by atoms with Gasteiger partial charge < -0.3 is 5.32 Å². The Kier molecular flexibility index (Phi) is 5.58. The number of halogens is 3. The number of nitrogens with one attached hydrogen (secondary N) is 1. The van der Waals surface area contributed by atoms with Crippen molar-refractivity contribution in [1.82, 2.24) is 15.2 Å². The van der Waals surface area contributed by atoms with Crippen LogP contribution >= 0.6 is 0 Å². The number of carbonyl (C=O) groups excluding carboxylic acids is 1. The molecule has 0 spiro atoms. The van der Waals surface area contributed by atoms with Gasteiger partial charge in [0.25, 0.3) is 0 Å². The molecule has 0 unspecified atom stereocenters. The van der Waals surface area contributed by atoms with Gasteiger partial charge in [-0.1, -0.05) is 18.6 Å². The third-order valence-corrected chi connectivity index (χ3v) is 5.98. The van der Waals surface area contributed by atoms with E-state index in [1.165, 1.54) is 12.1 Å². The van der Waals surface area contributed by atoms with Gasteiger partial charge in [0.1, 0.15) is 0 Å². The first-order valence-corrected chi connectivity index (χ1v) is 10.0. The summed E-state index contributed by atoms with van der Waals surface area (Å²) in [6.45, 7) is 0.612. The maximum Gasteiger partial charge on any atom is 0.416 e. The Morgan fingerprint density at radius 2 is 1.93 bits per heavy atom. The van der Waals surface area contributed by atoms with Gasteiger partial charge in [-0.05, 0) is 54.7 Å². The zero-order valence-corrected chi connectivity index (χ0v) is 16.0. The largest absolute Gasteiger partial charge is 0.416 e. The van der Waals surface area contributed by atoms with Crippen molar-refractivity contribution < 1.29 is 18.0 Å². The molecule has 1 N–H and O–H groups in total. The van der Waals surface area contributed by atoms with Crippen LogP contribution in [0.3, 0.4) is 0 Å². The maximum absolute atomic E-state index is 13.3. The molecule has 0 saturated carbocycles. The molecule has 2 aromatic rings. The Labute approximate surface area is 168 Å². The van der Waals surface area contributed by atoms with Crippen molar-refractivity contribution in [2.24, 2.45) is 0 Å². The fraction of sp³-hybridized carbons (Fsp3) is 0.455. The SMILES string of the molecule is O=C1CCCC[C@H]2[C@@H](C[C@@H](c3cccc(C(F)(F)F)c3)N2Cc2ccncc2)N1. The average Bonchev–Trinajstić information content (AvgIpc) is 3.00. The molecule has 4 nitrogen and oxygen atoms in total. The van der Waals surface area contributed by atoms with Crippen LogP contribution < -0.4 is 5.32 Å². The average molecular weight is 403 g/mol. The van der Waals surface area contributed by atoms with Crippen LogP contribution in [0.15, 0.2) is 48.8 Å². The van der Waals surface area contributed by atoms with E-state index in [0.717, 1.165) is 30.9 Å². The van der Waals surface area contributed by atoms with Gasteiger partial charge >= 0.3 is 6.18 Å². The van der Waals surface area contributed by atoms with Crippen LogP contribution in [0.2, 0.25) is 0 Å². The lowest BCUT2D eigenvalue weighted by molar-refractivity contribution is -0.137. The summed E-state index contributed by atoms with van der Waals surface area (Å²) < 4.78 is 39.8. The molecular formula is C22H24F3N3O. The number of hydrogen-bond donors (Lipinski definition) is 1. The molecule has 2 fully saturated rings. The lowest BCUT2D eigenvalue weighted by Gasteiger charge is -2.33. The van der Waals surface area contributed by atoms with E-state index in [-0.39, 0.29) is 24.0 Å². The summed E-state index contributed by atoms with van der Waals surface area (Å²) in [5.74, 6) is 0.0354. The molecular weight excluding hydrogens is 379 g/mol. The van der Waals surface area contributed by atoms with Gasteiger partial charge in [0, 0.05) is 43.5 Å². The topological polar surface area (TPSA) is 45.2 Å². The van der Waals surface area contributed by atoms with Crippen LogP contribution in [0.4, 0.5) is 13.2 Å². The molecule has 1 aromatic carbocycles. The number of benzene rings is 1. The Balaban J connectivity index is 1.69. The van der Waals surface area contributed by atoms with E-state index in [1.807, 2.05) is 12.1 Å². The van der Waals surface area contributed by atoms with E-state index >= 15 is 0 Å². The van der Waals surface area contributed by atoms with E-state index < -0.39 is 11.7 Å². The molecule has 1 amide bonds. The van der Waals surface area contributed by atoms with Crippen molar-refractivity contribution in [2.75, 3.05) is 0 Å². The number of rotatable bonds is 3. The van der Waals surface area contributed by atoms with Crippen molar-refractivity contribution in [3.63, 3.8) is 0 Å². The van der Waals surface area contributed by atoms with Crippen LogP contribution in [-0.4, -0.2) is 27.9 Å². The molecule has 7 heteroatoms. The fourth-order valence-corrected chi connectivity index (χ4v) is 4.61. The quantitative estimate of drug-likeness (QED) is 0.822. The highest BCUT2D eigenvalue weighted by Crippen LogP contribution is 2.41. The number of fused-ring (bicyclic) bond motifs is 1. The first kappa shape index (κ1) is 19.9. The van der Waals surface area contributed by atoms with Crippen LogP contribution in [0, 0.1) is 0 Å². The van der Waals surface area contributed by atoms with Gasteiger partial charge in [0.15, 0.2) is 0 Å². The van der Waals surface area contributed by atoms with Gasteiger partial charge in [0.2, 0.25) is 5.91 Å². The second-order valence-electron chi connectivity index (χ2n) is 7.89. The van der Waals surface area contributed by atoms with Crippen LogP contribution in [0.5, 0.6) is 0 Å². The number of pyridine rings is 1. The third kappa shape index (κ3) is 4.45. The molecule has 1 aromatic heterocycles. The van der Waals surface area contributed by atoms with Gasteiger partial charge in [-0.25, -0.2) is 0 Å². The number of alkyl halides is 3. The van der Waals surface area contributed by atoms with Crippen molar-refractivity contribution in [2.45, 2.75) is 63.0 Å². The second-order valence-corrected chi connectivity index (χ2v) is 7.89. The zero-order valence-electron chi connectivity index (χ0n) is 16.0. The highest BCUT2D eigenvalue weighted by atomic mass is 19.4. The molecule has 29 heavy (non-hydrogen) atoms. The van der Waals surface area contributed by atoms with Crippen LogP contribution in [0.1, 0.15) is 54.8 Å². The lowest BCUT2D eigenvalue weighted by atomic mass is 9.97. The summed E-state index contributed by atoms with van der Waals surface area (Å²) in [6, 6.07) is 9.33. The number of aromatic nitrogens is 1. The number of hydrogen-bond acceptors (Lipinski definition) is 3. The number of likely N-dealkylation sites (tertiary alicyclic amines) is 1. The summed E-state index contributed by atoms with van der Waals surface area (Å²) in [4.78, 5) is 18.5. The standard InChI is InChI=1S/C22H24F3N3O/c23-22(24,25)17-5-3-4-16(12-17)20-13-18-19(6-1-2-7-21(29)27-18)28(20)14-15-8-10-26-11-9-15/h3-5,8-12,18-20H,1-2,6-7,13-14H2,(H,27,29)/t18-,19+,20+/m1/s1. The van der Waals surface area contributed by atoms with E-state index in [4.69, 9.17) is 0 Å². The van der Waals surface area contributed by atoms with Gasteiger partial charge in [-0.15, -0.1) is 0 Å². The molecule has 3 atom stereocenters. The summed E-state index contributed by atoms with van der Waals surface area (Å²) >= 11 is 0. The summed E-state index contributed by atoms with van der Waals surface area (Å²) in [5.41, 5.74) is 1.08. The molecule has 0 bridgehead atoms. The molecule has 2 saturated heterocycles. The van der Waals surface area contributed by atoms with E-state index in [9.17, 15) is 18.0 Å². The molecule has 154 valence electrons. The minimum atomic E-state index is -4.37. The molecule has 2 aliphatic heterocycles. The Bertz CT molecular complexity index is 856. The first-order chi connectivity index (χ1) is 13.9. The van der Waals surface area contributed by atoms with Crippen LogP contribution in [0.25, 0.3) is 0 Å². The predicted molar refractivity (Wildman–Crippen MR) is 103 cm³/mol. The third-order valence-electron chi connectivity index (χ3n) is 5.98. The van der Waals surface area contributed by atoms with Gasteiger partial charge in [-0.2, -0.15) is 13.2 Å². The first-order valence-electron chi connectivity index (χ1n) is 10.0. The number of carbonyl (C=O) groups is 1. The molecule has 0 radical (unpaired) electrons. The summed E-state index contributed by atoms with van der Waals surface area (Å²) in [7, 11) is 0. The van der Waals surface area contributed by atoms with Crippen molar-refractivity contribution in [3.05, 3.63) is 65.5 Å². The van der Waals surface area contributed by atoms with Crippen molar-refractivity contribution in [1.29, 1.82) is 0 Å². The van der Waals surface area contributed by atoms with Gasteiger partial charge in [0.05, 0.1) is 5.56 Å². The van der Waals surface area contributed by atoms with E-state index in [1.54, 1.807) is 18.5 Å². The lowest BCUT2D eigenvalue weighted by Crippen LogP contribution is -2.45. The zero-order chi connectivity index (χ0) is 20.4. The highest BCUT2D eigenvalue weighted by Gasteiger charge is 2.43. The number of amides is 1. The monoisotopic (exact) mass is 403 g/mol. The molecule has 0 aliphatic carbocycles. The van der Waals surface area contributed by atoms with Gasteiger partial charge in [-0.3, -0.25) is 14.7 Å².